The molecule has 0 spiro atoms. The van der Waals surface area contributed by atoms with Crippen LogP contribution in [0, 0.1) is 0 Å². The first-order chi connectivity index (χ1) is 20.4. The number of nitrogens with zero attached hydrogens (tertiary/aromatic N) is 8. The normalized spacial score (nSPS) is 16.9. The number of H-pyrrole nitrogens is 1. The van der Waals surface area contributed by atoms with Crippen LogP contribution in [-0.2, 0) is 26.2 Å². The summed E-state index contributed by atoms with van der Waals surface area (Å²) < 4.78 is 9.62. The summed E-state index contributed by atoms with van der Waals surface area (Å²) in [6.07, 6.45) is 4.10. The number of rotatable bonds is 10. The van der Waals surface area contributed by atoms with Crippen LogP contribution in [0.1, 0.15) is 75.1 Å². The second kappa shape index (κ2) is 12.2. The van der Waals surface area contributed by atoms with Crippen molar-refractivity contribution in [2.45, 2.75) is 84.6 Å². The molecule has 0 atom stereocenters. The summed E-state index contributed by atoms with van der Waals surface area (Å²) in [7, 11) is 0. The Bertz CT molecular complexity index is 1560. The van der Waals surface area contributed by atoms with E-state index in [0.29, 0.717) is 36.3 Å². The quantitative estimate of drug-likeness (QED) is 0.274. The molecule has 5 heterocycles. The van der Waals surface area contributed by atoms with Crippen molar-refractivity contribution >= 4 is 17.0 Å². The Labute approximate surface area is 245 Å². The molecular formula is C30H42N10O2. The van der Waals surface area contributed by atoms with E-state index in [0.717, 1.165) is 76.3 Å². The van der Waals surface area contributed by atoms with Gasteiger partial charge in [0.05, 0.1) is 19.7 Å². The first-order valence-corrected chi connectivity index (χ1v) is 15.2. The molecule has 2 aliphatic rings. The van der Waals surface area contributed by atoms with Crippen LogP contribution in [-0.4, -0.2) is 76.4 Å². The molecule has 4 aromatic rings. The van der Waals surface area contributed by atoms with Gasteiger partial charge in [0.15, 0.2) is 11.5 Å². The first-order valence-electron chi connectivity index (χ1n) is 15.2. The Morgan fingerprint density at radius 1 is 1.02 bits per heavy atom. The Hall–Kier alpha value is -3.77. The van der Waals surface area contributed by atoms with Crippen LogP contribution in [0.5, 0.6) is 6.01 Å². The van der Waals surface area contributed by atoms with Crippen LogP contribution < -0.4 is 16.2 Å². The highest BCUT2D eigenvalue weighted by Crippen LogP contribution is 2.29. The van der Waals surface area contributed by atoms with E-state index >= 15 is 0 Å². The number of hydrogen-bond donors (Lipinski definition) is 2. The summed E-state index contributed by atoms with van der Waals surface area (Å²) in [5.74, 6) is 2.97. The van der Waals surface area contributed by atoms with Crippen molar-refractivity contribution in [3.63, 3.8) is 0 Å². The van der Waals surface area contributed by atoms with Crippen LogP contribution >= 0.6 is 0 Å². The number of anilines is 1. The third-order valence-electron chi connectivity index (χ3n) is 8.62. The minimum atomic E-state index is -0.269. The number of nitrogen functional groups attached to an aromatic ring is 1. The number of nitrogens with two attached hydrogens (primary N) is 1. The van der Waals surface area contributed by atoms with Gasteiger partial charge in [-0.3, -0.25) is 14.4 Å². The highest BCUT2D eigenvalue weighted by molar-refractivity contribution is 5.81. The van der Waals surface area contributed by atoms with Gasteiger partial charge in [-0.1, -0.05) is 37.6 Å². The molecule has 3 aromatic heterocycles. The third kappa shape index (κ3) is 5.91. The van der Waals surface area contributed by atoms with Crippen LogP contribution in [0.3, 0.4) is 0 Å². The van der Waals surface area contributed by atoms with Gasteiger partial charge in [0, 0.05) is 31.6 Å². The third-order valence-corrected chi connectivity index (χ3v) is 8.62. The Kier molecular flexibility index (Phi) is 8.25. The SMILES string of the molecule is CCCCOc1nc(N)c2[nH]c(=O)n(Cc3ccc(CN4CCC(c5nnc6n5CCN(C(C)C)C6)CC4)cc3)c2n1. The topological polar surface area (TPSA) is 136 Å². The van der Waals surface area contributed by atoms with Gasteiger partial charge in [0.1, 0.15) is 17.2 Å². The van der Waals surface area contributed by atoms with Crippen molar-refractivity contribution in [1.82, 2.24) is 44.1 Å². The maximum Gasteiger partial charge on any atom is 0.328 e. The van der Waals surface area contributed by atoms with Gasteiger partial charge in [-0.2, -0.15) is 9.97 Å². The molecule has 0 bridgehead atoms. The average molecular weight is 575 g/mol. The lowest BCUT2D eigenvalue weighted by molar-refractivity contribution is 0.167. The van der Waals surface area contributed by atoms with Crippen molar-refractivity contribution in [2.75, 3.05) is 32.0 Å². The van der Waals surface area contributed by atoms with Gasteiger partial charge in [-0.15, -0.1) is 10.2 Å². The number of ether oxygens (including phenoxy) is 1. The molecule has 0 aliphatic carbocycles. The maximum atomic E-state index is 12.8. The molecule has 0 unspecified atom stereocenters. The monoisotopic (exact) mass is 574 g/mol. The van der Waals surface area contributed by atoms with Gasteiger partial charge >= 0.3 is 11.7 Å². The fourth-order valence-corrected chi connectivity index (χ4v) is 6.03. The molecule has 3 N–H and O–H groups in total. The van der Waals surface area contributed by atoms with Crippen LogP contribution in [0.25, 0.3) is 11.2 Å². The van der Waals surface area contributed by atoms with Gasteiger partial charge in [0.25, 0.3) is 0 Å². The van der Waals surface area contributed by atoms with Crippen molar-refractivity contribution in [1.29, 1.82) is 0 Å². The summed E-state index contributed by atoms with van der Waals surface area (Å²) >= 11 is 0. The average Bonchev–Trinajstić information content (AvgIpc) is 3.55. The highest BCUT2D eigenvalue weighted by Gasteiger charge is 2.29. The number of benzene rings is 1. The van der Waals surface area contributed by atoms with Crippen molar-refractivity contribution in [2.24, 2.45) is 0 Å². The predicted molar refractivity (Wildman–Crippen MR) is 161 cm³/mol. The molecule has 0 radical (unpaired) electrons. The number of fused-ring (bicyclic) bond motifs is 2. The van der Waals surface area contributed by atoms with Crippen LogP contribution in [0.15, 0.2) is 29.1 Å². The molecule has 224 valence electrons. The number of imidazole rings is 1. The van der Waals surface area contributed by atoms with E-state index in [1.807, 2.05) is 0 Å². The minimum Gasteiger partial charge on any atom is -0.463 e. The molecule has 1 fully saturated rings. The standard InChI is InChI=1S/C30H42N10O2/c1-4-5-16-42-29-33-26(31)25-28(34-29)40(30(41)32-25)18-22-8-6-21(7-9-22)17-37-12-10-23(11-13-37)27-36-35-24-19-38(20(2)3)14-15-39(24)27/h6-9,20,23H,4-5,10-19H2,1-3H3,(H,32,41)(H2,31,33,34). The maximum absolute atomic E-state index is 12.8. The predicted octanol–water partition coefficient (Wildman–Crippen LogP) is 3.12. The second-order valence-electron chi connectivity index (χ2n) is 11.9. The van der Waals surface area contributed by atoms with E-state index in [2.05, 4.69) is 84.6 Å². The van der Waals surface area contributed by atoms with Gasteiger partial charge in [-0.05, 0) is 57.3 Å². The van der Waals surface area contributed by atoms with Crippen LogP contribution in [0.2, 0.25) is 0 Å². The molecule has 42 heavy (non-hydrogen) atoms. The number of nitrogens with one attached hydrogen (secondary N) is 1. The summed E-state index contributed by atoms with van der Waals surface area (Å²) in [5.41, 5.74) is 8.99. The fraction of sp³-hybridized carbons (Fsp3) is 0.567. The summed E-state index contributed by atoms with van der Waals surface area (Å²) in [6.45, 7) is 13.4. The molecule has 6 rings (SSSR count). The van der Waals surface area contributed by atoms with Gasteiger partial charge in [-0.25, -0.2) is 4.79 Å². The number of hydrogen-bond acceptors (Lipinski definition) is 9. The van der Waals surface area contributed by atoms with E-state index in [9.17, 15) is 4.79 Å². The van der Waals surface area contributed by atoms with E-state index < -0.39 is 0 Å². The highest BCUT2D eigenvalue weighted by atomic mass is 16.5. The summed E-state index contributed by atoms with van der Waals surface area (Å²) in [4.78, 5) is 29.2. The fourth-order valence-electron chi connectivity index (χ4n) is 6.03. The zero-order valence-corrected chi connectivity index (χ0v) is 24.9. The second-order valence-corrected chi connectivity index (χ2v) is 11.9. The number of aromatic nitrogens is 7. The largest absolute Gasteiger partial charge is 0.463 e. The number of aromatic amines is 1. The Balaban J connectivity index is 1.06. The van der Waals surface area contributed by atoms with Gasteiger partial charge in [0.2, 0.25) is 0 Å². The van der Waals surface area contributed by atoms with Crippen molar-refractivity contribution in [3.05, 3.63) is 57.5 Å². The van der Waals surface area contributed by atoms with E-state index in [1.165, 1.54) is 11.4 Å². The van der Waals surface area contributed by atoms with Gasteiger partial charge < -0.3 is 20.0 Å². The zero-order valence-electron chi connectivity index (χ0n) is 24.9. The Morgan fingerprint density at radius 2 is 1.76 bits per heavy atom. The summed E-state index contributed by atoms with van der Waals surface area (Å²) in [5, 5.41) is 9.18. The van der Waals surface area contributed by atoms with Crippen molar-refractivity contribution in [3.8, 4) is 6.01 Å². The Morgan fingerprint density at radius 3 is 2.48 bits per heavy atom. The number of likely N-dealkylation sites (tertiary alicyclic amines) is 1. The summed E-state index contributed by atoms with van der Waals surface area (Å²) in [6, 6.07) is 9.20. The molecule has 12 heteroatoms. The lowest BCUT2D eigenvalue weighted by Crippen LogP contribution is -2.39. The zero-order chi connectivity index (χ0) is 29.2. The smallest absolute Gasteiger partial charge is 0.328 e. The first kappa shape index (κ1) is 28.4. The molecule has 1 aromatic carbocycles. The lowest BCUT2D eigenvalue weighted by atomic mass is 9.95. The van der Waals surface area contributed by atoms with E-state index in [1.54, 1.807) is 4.57 Å². The molecule has 12 nitrogen and oxygen atoms in total. The number of unbranched alkanes of at least 4 members (excludes halogenated alkanes) is 1. The number of piperidine rings is 1. The molecule has 2 aliphatic heterocycles. The van der Waals surface area contributed by atoms with E-state index in [-0.39, 0.29) is 17.5 Å². The molecule has 0 saturated carbocycles. The lowest BCUT2D eigenvalue weighted by Gasteiger charge is -2.34. The molecule has 1 saturated heterocycles. The van der Waals surface area contributed by atoms with E-state index in [4.69, 9.17) is 10.5 Å². The molecule has 0 amide bonds. The van der Waals surface area contributed by atoms with Crippen molar-refractivity contribution < 1.29 is 4.74 Å². The minimum absolute atomic E-state index is 0.196. The molecular weight excluding hydrogens is 532 g/mol. The van der Waals surface area contributed by atoms with Crippen LogP contribution in [0.4, 0.5) is 5.82 Å².